The van der Waals surface area contributed by atoms with E-state index in [1.54, 1.807) is 12.4 Å². The van der Waals surface area contributed by atoms with Crippen LogP contribution >= 0.6 is 11.3 Å². The number of aryl methyl sites for hydroxylation is 1. The molecule has 1 saturated heterocycles. The van der Waals surface area contributed by atoms with E-state index in [-0.39, 0.29) is 12.1 Å². The third kappa shape index (κ3) is 5.63. The van der Waals surface area contributed by atoms with Crippen molar-refractivity contribution in [2.45, 2.75) is 19.4 Å². The largest absolute Gasteiger partial charge is 0.346 e. The van der Waals surface area contributed by atoms with E-state index in [1.807, 2.05) is 66.9 Å². The quantitative estimate of drug-likeness (QED) is 0.384. The van der Waals surface area contributed by atoms with Gasteiger partial charge in [-0.2, -0.15) is 5.06 Å². The zero-order valence-electron chi connectivity index (χ0n) is 18.9. The second kappa shape index (κ2) is 10.3. The molecule has 1 aliphatic rings. The maximum atomic E-state index is 12.9. The Morgan fingerprint density at radius 2 is 1.89 bits per heavy atom. The van der Waals surface area contributed by atoms with Gasteiger partial charge in [-0.15, -0.1) is 11.3 Å². The summed E-state index contributed by atoms with van der Waals surface area (Å²) in [7, 11) is 0. The lowest BCUT2D eigenvalue weighted by Crippen LogP contribution is -2.33. The Hall–Kier alpha value is -4.26. The van der Waals surface area contributed by atoms with Gasteiger partial charge in [-0.3, -0.25) is 4.84 Å². The van der Waals surface area contributed by atoms with Crippen molar-refractivity contribution >= 4 is 34.1 Å². The molecule has 2 aromatic heterocycles. The van der Waals surface area contributed by atoms with Crippen LogP contribution in [-0.2, 0) is 4.84 Å². The third-order valence-electron chi connectivity index (χ3n) is 5.24. The molecule has 3 heterocycles. The molecule has 0 spiro atoms. The predicted molar refractivity (Wildman–Crippen MR) is 135 cm³/mol. The molecule has 2 aromatic carbocycles. The monoisotopic (exact) mass is 482 g/mol. The first kappa shape index (κ1) is 22.5. The normalized spacial score (nSPS) is 14.8. The number of rotatable bonds is 4. The molecule has 0 aliphatic carbocycles. The number of amides is 2. The van der Waals surface area contributed by atoms with Crippen LogP contribution < -0.4 is 10.6 Å². The smallest absolute Gasteiger partial charge is 0.306 e. The van der Waals surface area contributed by atoms with E-state index >= 15 is 0 Å². The van der Waals surface area contributed by atoms with Crippen molar-refractivity contribution < 1.29 is 9.63 Å². The van der Waals surface area contributed by atoms with E-state index < -0.39 is 0 Å². The van der Waals surface area contributed by atoms with Crippen LogP contribution in [0.1, 0.15) is 34.8 Å². The number of urea groups is 1. The molecule has 2 N–H and O–H groups in total. The molecular formula is C26H22N6O2S. The molecule has 35 heavy (non-hydrogen) atoms. The number of aromatic nitrogens is 3. The number of anilines is 3. The van der Waals surface area contributed by atoms with Gasteiger partial charge in [0.2, 0.25) is 5.95 Å². The van der Waals surface area contributed by atoms with Gasteiger partial charge in [-0.25, -0.2) is 19.7 Å². The Morgan fingerprint density at radius 3 is 2.66 bits per heavy atom. The molecule has 1 atom stereocenters. The molecule has 4 aromatic rings. The number of carbonyl (C=O) groups is 1. The third-order valence-corrected chi connectivity index (χ3v) is 6.12. The summed E-state index contributed by atoms with van der Waals surface area (Å²) in [6, 6.07) is 16.8. The Morgan fingerprint density at radius 1 is 1.09 bits per heavy atom. The highest BCUT2D eigenvalue weighted by Crippen LogP contribution is 2.30. The Kier molecular flexibility index (Phi) is 6.66. The highest BCUT2D eigenvalue weighted by atomic mass is 32.1. The predicted octanol–water partition coefficient (Wildman–Crippen LogP) is 5.30. The summed E-state index contributed by atoms with van der Waals surface area (Å²) in [4.78, 5) is 31.4. The van der Waals surface area contributed by atoms with Crippen molar-refractivity contribution in [3.63, 3.8) is 0 Å². The standard InChI is InChI=1S/C26H22N6O2S/c1-18-17-35-25(29-18)31-24-27-15-20(16-28-24)11-10-19-6-5-9-22(14-19)30-26(33)32-23(12-13-34-32)21-7-3-2-4-8-21/h2-9,14-17,23H,12-13H2,1H3,(H,30,33)(H,27,28,29,31)/t23-/m0/s1. The fourth-order valence-corrected chi connectivity index (χ4v) is 4.29. The van der Waals surface area contributed by atoms with Crippen LogP contribution in [0.25, 0.3) is 0 Å². The van der Waals surface area contributed by atoms with Crippen LogP contribution in [0.5, 0.6) is 0 Å². The van der Waals surface area contributed by atoms with Crippen LogP contribution in [0.2, 0.25) is 0 Å². The number of hydrogen-bond acceptors (Lipinski definition) is 7. The van der Waals surface area contributed by atoms with E-state index in [2.05, 4.69) is 37.4 Å². The molecule has 9 heteroatoms. The van der Waals surface area contributed by atoms with Crippen molar-refractivity contribution in [2.75, 3.05) is 17.2 Å². The lowest BCUT2D eigenvalue weighted by Gasteiger charge is -2.23. The van der Waals surface area contributed by atoms with E-state index in [9.17, 15) is 4.79 Å². The average molecular weight is 483 g/mol. The molecule has 0 saturated carbocycles. The first-order valence-electron chi connectivity index (χ1n) is 11.1. The first-order chi connectivity index (χ1) is 17.1. The van der Waals surface area contributed by atoms with E-state index in [1.165, 1.54) is 16.4 Å². The second-order valence-electron chi connectivity index (χ2n) is 7.85. The molecule has 1 fully saturated rings. The number of nitrogens with zero attached hydrogens (tertiary/aromatic N) is 4. The molecule has 0 radical (unpaired) electrons. The molecule has 0 bridgehead atoms. The lowest BCUT2D eigenvalue weighted by atomic mass is 10.1. The highest BCUT2D eigenvalue weighted by molar-refractivity contribution is 7.13. The number of carbonyl (C=O) groups excluding carboxylic acids is 1. The molecule has 174 valence electrons. The van der Waals surface area contributed by atoms with Gasteiger partial charge in [0.15, 0.2) is 5.13 Å². The molecular weight excluding hydrogens is 460 g/mol. The van der Waals surface area contributed by atoms with Crippen LogP contribution in [0.3, 0.4) is 0 Å². The molecule has 1 aliphatic heterocycles. The van der Waals surface area contributed by atoms with E-state index in [0.717, 1.165) is 28.4 Å². The Bertz CT molecular complexity index is 1380. The van der Waals surface area contributed by atoms with Gasteiger partial charge in [-0.05, 0) is 30.7 Å². The molecule has 0 unspecified atom stereocenters. The Labute approximate surface area is 207 Å². The van der Waals surface area contributed by atoms with Crippen LogP contribution in [0.4, 0.5) is 21.6 Å². The minimum atomic E-state index is -0.312. The number of hydroxylamine groups is 2. The van der Waals surface area contributed by atoms with Crippen molar-refractivity contribution in [2.24, 2.45) is 0 Å². The summed E-state index contributed by atoms with van der Waals surface area (Å²) >= 11 is 1.50. The first-order valence-corrected chi connectivity index (χ1v) is 11.9. The fourth-order valence-electron chi connectivity index (χ4n) is 3.61. The summed E-state index contributed by atoms with van der Waals surface area (Å²) in [5, 5.41) is 10.1. The summed E-state index contributed by atoms with van der Waals surface area (Å²) in [6.45, 7) is 2.43. The van der Waals surface area contributed by atoms with Crippen molar-refractivity contribution in [1.29, 1.82) is 0 Å². The topological polar surface area (TPSA) is 92.3 Å². The average Bonchev–Trinajstić information content (AvgIpc) is 3.54. The zero-order chi connectivity index (χ0) is 24.0. The van der Waals surface area contributed by atoms with Gasteiger partial charge < -0.3 is 10.6 Å². The van der Waals surface area contributed by atoms with Gasteiger partial charge in [-0.1, -0.05) is 48.2 Å². The number of benzene rings is 2. The van der Waals surface area contributed by atoms with Crippen molar-refractivity contribution in [3.8, 4) is 11.8 Å². The maximum absolute atomic E-state index is 12.9. The summed E-state index contributed by atoms with van der Waals surface area (Å²) in [5.41, 5.74) is 4.06. The summed E-state index contributed by atoms with van der Waals surface area (Å²) < 4.78 is 0. The Balaban J connectivity index is 1.23. The molecule has 8 nitrogen and oxygen atoms in total. The van der Waals surface area contributed by atoms with Crippen LogP contribution in [0.15, 0.2) is 72.4 Å². The van der Waals surface area contributed by atoms with E-state index in [0.29, 0.717) is 23.8 Å². The number of thiazole rings is 1. The van der Waals surface area contributed by atoms with Gasteiger partial charge in [0.25, 0.3) is 0 Å². The van der Waals surface area contributed by atoms with E-state index in [4.69, 9.17) is 4.84 Å². The maximum Gasteiger partial charge on any atom is 0.346 e. The van der Waals surface area contributed by atoms with Crippen molar-refractivity contribution in [3.05, 3.63) is 94.8 Å². The number of hydrogen-bond donors (Lipinski definition) is 2. The van der Waals surface area contributed by atoms with Gasteiger partial charge >= 0.3 is 6.03 Å². The minimum Gasteiger partial charge on any atom is -0.306 e. The van der Waals surface area contributed by atoms with Crippen LogP contribution in [-0.4, -0.2) is 32.7 Å². The summed E-state index contributed by atoms with van der Waals surface area (Å²) in [6.07, 6.45) is 4.06. The fraction of sp³-hybridized carbons (Fsp3) is 0.154. The SMILES string of the molecule is Cc1csc(Nc2ncc(C#Cc3cccc(NC(=O)N4OCC[C@H]4c4ccccc4)c3)cn2)n1. The molecule has 2 amide bonds. The van der Waals surface area contributed by atoms with Crippen LogP contribution in [0, 0.1) is 18.8 Å². The second-order valence-corrected chi connectivity index (χ2v) is 8.71. The van der Waals surface area contributed by atoms with Gasteiger partial charge in [0, 0.05) is 35.4 Å². The zero-order valence-corrected chi connectivity index (χ0v) is 19.7. The highest BCUT2D eigenvalue weighted by Gasteiger charge is 2.31. The van der Waals surface area contributed by atoms with Crippen molar-refractivity contribution in [1.82, 2.24) is 20.0 Å². The lowest BCUT2D eigenvalue weighted by molar-refractivity contribution is -0.0829. The summed E-state index contributed by atoms with van der Waals surface area (Å²) in [5.74, 6) is 6.62. The van der Waals surface area contributed by atoms with Gasteiger partial charge in [0.1, 0.15) is 0 Å². The minimum absolute atomic E-state index is 0.115. The van der Waals surface area contributed by atoms with Gasteiger partial charge in [0.05, 0.1) is 23.9 Å². The molecule has 5 rings (SSSR count). The number of nitrogens with one attached hydrogen (secondary N) is 2.